The van der Waals surface area contributed by atoms with Crippen LogP contribution in [0.1, 0.15) is 33.6 Å². The lowest BCUT2D eigenvalue weighted by atomic mass is 9.85. The molecule has 0 aliphatic heterocycles. The van der Waals surface area contributed by atoms with Gasteiger partial charge >= 0.3 is 0 Å². The highest BCUT2D eigenvalue weighted by Crippen LogP contribution is 2.20. The first-order valence-electron chi connectivity index (χ1n) is 3.85. The van der Waals surface area contributed by atoms with Crippen LogP contribution in [0.5, 0.6) is 0 Å². The lowest BCUT2D eigenvalue weighted by Gasteiger charge is -2.26. The van der Waals surface area contributed by atoms with E-state index < -0.39 is 0 Å². The molecule has 2 N–H and O–H groups in total. The fraction of sp³-hybridized carbons (Fsp3) is 0.778. The number of nitrogens with two attached hydrogens (primary N) is 1. The Morgan fingerprint density at radius 2 is 2.00 bits per heavy atom. The fourth-order valence-corrected chi connectivity index (χ4v) is 0.730. The van der Waals surface area contributed by atoms with Gasteiger partial charge < -0.3 is 5.73 Å². The van der Waals surface area contributed by atoms with Crippen molar-refractivity contribution in [1.29, 1.82) is 0 Å². The normalized spacial score (nSPS) is 14.8. The molecule has 0 amide bonds. The van der Waals surface area contributed by atoms with Crippen molar-refractivity contribution in [2.24, 2.45) is 11.1 Å². The molecule has 0 rings (SSSR count). The smallest absolute Gasteiger partial charge is 0.00905 e. The zero-order valence-corrected chi connectivity index (χ0v) is 7.35. The van der Waals surface area contributed by atoms with Crippen LogP contribution in [0.2, 0.25) is 0 Å². The van der Waals surface area contributed by atoms with Crippen LogP contribution in [-0.2, 0) is 0 Å². The zero-order chi connectivity index (χ0) is 8.20. The molecule has 1 unspecified atom stereocenters. The average Bonchev–Trinajstić information content (AvgIpc) is 1.80. The molecule has 0 fully saturated rings. The van der Waals surface area contributed by atoms with Gasteiger partial charge in [0.1, 0.15) is 0 Å². The van der Waals surface area contributed by atoms with Crippen LogP contribution in [-0.4, -0.2) is 6.04 Å². The lowest BCUT2D eigenvalue weighted by molar-refractivity contribution is 0.307. The molecule has 1 nitrogen and oxygen atoms in total. The van der Waals surface area contributed by atoms with Gasteiger partial charge in [0.05, 0.1) is 0 Å². The van der Waals surface area contributed by atoms with Gasteiger partial charge in [-0.2, -0.15) is 0 Å². The molecule has 0 aliphatic carbocycles. The summed E-state index contributed by atoms with van der Waals surface area (Å²) in [6.45, 7) is 10.2. The maximum absolute atomic E-state index is 5.89. The molecule has 0 spiro atoms. The van der Waals surface area contributed by atoms with Gasteiger partial charge in [0.25, 0.3) is 0 Å². The van der Waals surface area contributed by atoms with E-state index in [4.69, 9.17) is 5.73 Å². The van der Waals surface area contributed by atoms with Crippen LogP contribution in [0, 0.1) is 5.41 Å². The molecule has 0 aliphatic rings. The van der Waals surface area contributed by atoms with E-state index in [9.17, 15) is 0 Å². The summed E-state index contributed by atoms with van der Waals surface area (Å²) >= 11 is 0. The summed E-state index contributed by atoms with van der Waals surface area (Å²) in [7, 11) is 0. The lowest BCUT2D eigenvalue weighted by Crippen LogP contribution is -2.34. The van der Waals surface area contributed by atoms with Crippen molar-refractivity contribution in [3.8, 4) is 0 Å². The van der Waals surface area contributed by atoms with Crippen molar-refractivity contribution in [1.82, 2.24) is 0 Å². The predicted molar refractivity (Wildman–Crippen MR) is 46.9 cm³/mol. The Hall–Kier alpha value is -0.300. The van der Waals surface area contributed by atoms with Crippen LogP contribution >= 0.6 is 0 Å². The van der Waals surface area contributed by atoms with Crippen molar-refractivity contribution in [3.05, 3.63) is 12.7 Å². The Balaban J connectivity index is 3.61. The Bertz CT molecular complexity index is 99.8. The van der Waals surface area contributed by atoms with Crippen molar-refractivity contribution < 1.29 is 0 Å². The highest BCUT2D eigenvalue weighted by Gasteiger charge is 2.18. The molecule has 0 saturated carbocycles. The molecule has 0 aromatic carbocycles. The summed E-state index contributed by atoms with van der Waals surface area (Å²) in [4.78, 5) is 0. The van der Waals surface area contributed by atoms with E-state index in [0.29, 0.717) is 6.04 Å². The molecule has 0 saturated heterocycles. The molecule has 60 valence electrons. The summed E-state index contributed by atoms with van der Waals surface area (Å²) in [6, 6.07) is 0.297. The second-order valence-electron chi connectivity index (χ2n) is 3.84. The zero-order valence-electron chi connectivity index (χ0n) is 7.35. The molecule has 0 aromatic heterocycles. The first-order valence-corrected chi connectivity index (χ1v) is 3.85. The van der Waals surface area contributed by atoms with Gasteiger partial charge in [-0.1, -0.05) is 26.8 Å². The minimum Gasteiger partial charge on any atom is -0.327 e. The Labute approximate surface area is 64.3 Å². The van der Waals surface area contributed by atoms with Crippen LogP contribution in [0.15, 0.2) is 12.7 Å². The molecule has 0 bridgehead atoms. The average molecular weight is 141 g/mol. The SMILES string of the molecule is C=CCCC(N)C(C)(C)C. The van der Waals surface area contributed by atoms with E-state index in [-0.39, 0.29) is 5.41 Å². The predicted octanol–water partition coefficient (Wildman–Crippen LogP) is 2.33. The van der Waals surface area contributed by atoms with Crippen LogP contribution in [0.3, 0.4) is 0 Å². The minimum absolute atomic E-state index is 0.239. The van der Waals surface area contributed by atoms with Crippen molar-refractivity contribution in [2.75, 3.05) is 0 Å². The maximum Gasteiger partial charge on any atom is 0.00905 e. The van der Waals surface area contributed by atoms with E-state index in [0.717, 1.165) is 12.8 Å². The molecule has 0 radical (unpaired) electrons. The molecule has 0 heterocycles. The summed E-state index contributed by atoms with van der Waals surface area (Å²) in [5.74, 6) is 0. The van der Waals surface area contributed by atoms with Crippen LogP contribution in [0.25, 0.3) is 0 Å². The van der Waals surface area contributed by atoms with Crippen LogP contribution < -0.4 is 5.73 Å². The minimum atomic E-state index is 0.239. The maximum atomic E-state index is 5.89. The van der Waals surface area contributed by atoms with Crippen molar-refractivity contribution in [3.63, 3.8) is 0 Å². The van der Waals surface area contributed by atoms with E-state index >= 15 is 0 Å². The number of allylic oxidation sites excluding steroid dienone is 1. The summed E-state index contributed by atoms with van der Waals surface area (Å²) in [6.07, 6.45) is 4.00. The quantitative estimate of drug-likeness (QED) is 0.600. The molecule has 1 heteroatoms. The first-order chi connectivity index (χ1) is 4.48. The molecule has 1 atom stereocenters. The Morgan fingerprint density at radius 3 is 2.30 bits per heavy atom. The van der Waals surface area contributed by atoms with Crippen molar-refractivity contribution in [2.45, 2.75) is 39.7 Å². The topological polar surface area (TPSA) is 26.0 Å². The fourth-order valence-electron chi connectivity index (χ4n) is 0.730. The second kappa shape index (κ2) is 3.77. The first kappa shape index (κ1) is 9.70. The molecule has 0 aromatic rings. The van der Waals surface area contributed by atoms with E-state index in [2.05, 4.69) is 27.4 Å². The number of hydrogen-bond donors (Lipinski definition) is 1. The second-order valence-corrected chi connectivity index (χ2v) is 3.84. The summed E-state index contributed by atoms with van der Waals surface area (Å²) in [5, 5.41) is 0. The standard InChI is InChI=1S/C9H19N/c1-5-6-7-8(10)9(2,3)4/h5,8H,1,6-7,10H2,2-4H3. The molecular weight excluding hydrogens is 122 g/mol. The number of rotatable bonds is 3. The van der Waals surface area contributed by atoms with Gasteiger partial charge in [-0.25, -0.2) is 0 Å². The van der Waals surface area contributed by atoms with Gasteiger partial charge in [-0.15, -0.1) is 6.58 Å². The van der Waals surface area contributed by atoms with Gasteiger partial charge in [0.15, 0.2) is 0 Å². The Morgan fingerprint density at radius 1 is 1.50 bits per heavy atom. The van der Waals surface area contributed by atoms with E-state index in [1.54, 1.807) is 0 Å². The van der Waals surface area contributed by atoms with Gasteiger partial charge in [-0.3, -0.25) is 0 Å². The van der Waals surface area contributed by atoms with Crippen molar-refractivity contribution >= 4 is 0 Å². The van der Waals surface area contributed by atoms with E-state index in [1.165, 1.54) is 0 Å². The largest absolute Gasteiger partial charge is 0.327 e. The molecular formula is C9H19N. The van der Waals surface area contributed by atoms with Gasteiger partial charge in [0.2, 0.25) is 0 Å². The highest BCUT2D eigenvalue weighted by atomic mass is 14.7. The summed E-state index contributed by atoms with van der Waals surface area (Å²) < 4.78 is 0. The third kappa shape index (κ3) is 3.67. The number of hydrogen-bond acceptors (Lipinski definition) is 1. The third-order valence-corrected chi connectivity index (χ3v) is 1.79. The van der Waals surface area contributed by atoms with Gasteiger partial charge in [-0.05, 0) is 18.3 Å². The van der Waals surface area contributed by atoms with Gasteiger partial charge in [0, 0.05) is 6.04 Å². The monoisotopic (exact) mass is 141 g/mol. The molecule has 10 heavy (non-hydrogen) atoms. The highest BCUT2D eigenvalue weighted by molar-refractivity contribution is 4.79. The Kier molecular flexibility index (Phi) is 3.66. The van der Waals surface area contributed by atoms with E-state index in [1.807, 2.05) is 6.08 Å². The van der Waals surface area contributed by atoms with Crippen LogP contribution in [0.4, 0.5) is 0 Å². The third-order valence-electron chi connectivity index (χ3n) is 1.79. The summed E-state index contributed by atoms with van der Waals surface area (Å²) in [5.41, 5.74) is 6.13.